The fourth-order valence-electron chi connectivity index (χ4n) is 1.57. The average molecular weight is 221 g/mol. The number of benzene rings is 1. The molecule has 2 N–H and O–H groups in total. The van der Waals surface area contributed by atoms with Crippen LogP contribution >= 0.6 is 0 Å². The van der Waals surface area contributed by atoms with Gasteiger partial charge in [0.1, 0.15) is 5.82 Å². The van der Waals surface area contributed by atoms with Gasteiger partial charge in [0, 0.05) is 18.8 Å². The molecule has 0 radical (unpaired) electrons. The first-order valence-electron chi connectivity index (χ1n) is 5.15. The van der Waals surface area contributed by atoms with Crippen molar-refractivity contribution in [2.24, 2.45) is 5.92 Å². The zero-order chi connectivity index (χ0) is 12.1. The van der Waals surface area contributed by atoms with Crippen molar-refractivity contribution in [2.75, 3.05) is 19.3 Å². The molecule has 0 heterocycles. The molecule has 0 spiro atoms. The summed E-state index contributed by atoms with van der Waals surface area (Å²) in [7, 11) is 1.89. The van der Waals surface area contributed by atoms with Crippen LogP contribution < -0.4 is 5.73 Å². The summed E-state index contributed by atoms with van der Waals surface area (Å²) in [6.07, 6.45) is 0. The normalized spacial score (nSPS) is 12.4. The number of nitriles is 1. The zero-order valence-corrected chi connectivity index (χ0v) is 9.57. The lowest BCUT2D eigenvalue weighted by molar-refractivity contribution is 0.303. The van der Waals surface area contributed by atoms with Crippen LogP contribution in [-0.4, -0.2) is 18.5 Å². The van der Waals surface area contributed by atoms with Gasteiger partial charge in [-0.05, 0) is 37.7 Å². The predicted molar refractivity (Wildman–Crippen MR) is 61.9 cm³/mol. The zero-order valence-electron chi connectivity index (χ0n) is 9.57. The number of hydrogen-bond donors (Lipinski definition) is 1. The van der Waals surface area contributed by atoms with Crippen molar-refractivity contribution in [3.05, 3.63) is 29.6 Å². The summed E-state index contributed by atoms with van der Waals surface area (Å²) in [6, 6.07) is 6.50. The summed E-state index contributed by atoms with van der Waals surface area (Å²) in [4.78, 5) is 1.96. The van der Waals surface area contributed by atoms with Crippen molar-refractivity contribution in [1.82, 2.24) is 4.90 Å². The molecule has 3 nitrogen and oxygen atoms in total. The number of rotatable bonds is 4. The molecule has 0 aliphatic carbocycles. The highest BCUT2D eigenvalue weighted by Crippen LogP contribution is 2.15. The molecule has 0 bridgehead atoms. The van der Waals surface area contributed by atoms with Gasteiger partial charge >= 0.3 is 0 Å². The van der Waals surface area contributed by atoms with Crippen LogP contribution in [0.5, 0.6) is 0 Å². The van der Waals surface area contributed by atoms with E-state index >= 15 is 0 Å². The van der Waals surface area contributed by atoms with Crippen LogP contribution in [0.3, 0.4) is 0 Å². The van der Waals surface area contributed by atoms with Gasteiger partial charge in [-0.1, -0.05) is 0 Å². The standard InChI is InChI=1S/C12H16FN3/c1-9(6-14)7-16(2)8-10-5-11(13)3-4-12(10)15/h3-5,9H,7-8,15H2,1-2H3. The molecule has 0 aromatic heterocycles. The Labute approximate surface area is 95.3 Å². The minimum absolute atomic E-state index is 0.0419. The molecule has 4 heteroatoms. The van der Waals surface area contributed by atoms with Crippen LogP contribution in [0, 0.1) is 23.1 Å². The van der Waals surface area contributed by atoms with Gasteiger partial charge in [0.25, 0.3) is 0 Å². The number of hydrogen-bond acceptors (Lipinski definition) is 3. The fraction of sp³-hybridized carbons (Fsp3) is 0.417. The minimum atomic E-state index is -0.286. The molecule has 1 rings (SSSR count). The highest BCUT2D eigenvalue weighted by Gasteiger charge is 2.08. The lowest BCUT2D eigenvalue weighted by Crippen LogP contribution is -2.23. The lowest BCUT2D eigenvalue weighted by Gasteiger charge is -2.18. The van der Waals surface area contributed by atoms with E-state index in [9.17, 15) is 4.39 Å². The molecule has 1 atom stereocenters. The summed E-state index contributed by atoms with van der Waals surface area (Å²) in [5.74, 6) is -0.328. The van der Waals surface area contributed by atoms with E-state index in [2.05, 4.69) is 6.07 Å². The first-order valence-corrected chi connectivity index (χ1v) is 5.15. The molecule has 16 heavy (non-hydrogen) atoms. The monoisotopic (exact) mass is 221 g/mol. The van der Waals surface area contributed by atoms with Crippen molar-refractivity contribution < 1.29 is 4.39 Å². The van der Waals surface area contributed by atoms with Crippen LogP contribution in [0.25, 0.3) is 0 Å². The Balaban J connectivity index is 2.66. The second-order valence-electron chi connectivity index (χ2n) is 4.07. The second-order valence-corrected chi connectivity index (χ2v) is 4.07. The first-order chi connectivity index (χ1) is 7.52. The Morgan fingerprint density at radius 2 is 2.25 bits per heavy atom. The topological polar surface area (TPSA) is 53.0 Å². The summed E-state index contributed by atoms with van der Waals surface area (Å²) < 4.78 is 13.0. The summed E-state index contributed by atoms with van der Waals surface area (Å²) in [5.41, 5.74) is 7.08. The highest BCUT2D eigenvalue weighted by molar-refractivity contribution is 5.46. The first kappa shape index (κ1) is 12.5. The average Bonchev–Trinajstić information content (AvgIpc) is 2.23. The Morgan fingerprint density at radius 1 is 1.56 bits per heavy atom. The van der Waals surface area contributed by atoms with Gasteiger partial charge < -0.3 is 10.6 Å². The number of nitrogens with two attached hydrogens (primary N) is 1. The largest absolute Gasteiger partial charge is 0.398 e. The predicted octanol–water partition coefficient (Wildman–Crippen LogP) is 2.00. The summed E-state index contributed by atoms with van der Waals surface area (Å²) in [5, 5.41) is 8.69. The van der Waals surface area contributed by atoms with E-state index < -0.39 is 0 Å². The second kappa shape index (κ2) is 5.47. The van der Waals surface area contributed by atoms with Crippen molar-refractivity contribution in [3.63, 3.8) is 0 Å². The lowest BCUT2D eigenvalue weighted by atomic mass is 10.1. The number of nitrogen functional groups attached to an aromatic ring is 1. The van der Waals surface area contributed by atoms with Crippen molar-refractivity contribution in [2.45, 2.75) is 13.5 Å². The molecule has 0 saturated heterocycles. The third-order valence-corrected chi connectivity index (χ3v) is 2.35. The van der Waals surface area contributed by atoms with Gasteiger partial charge in [-0.25, -0.2) is 4.39 Å². The van der Waals surface area contributed by atoms with Crippen LogP contribution in [0.1, 0.15) is 12.5 Å². The summed E-state index contributed by atoms with van der Waals surface area (Å²) in [6.45, 7) is 3.05. The van der Waals surface area contributed by atoms with Crippen LogP contribution in [0.4, 0.5) is 10.1 Å². The molecule has 0 amide bonds. The Morgan fingerprint density at radius 3 is 2.88 bits per heavy atom. The maximum Gasteiger partial charge on any atom is 0.123 e. The minimum Gasteiger partial charge on any atom is -0.398 e. The molecule has 1 aromatic carbocycles. The van der Waals surface area contributed by atoms with Gasteiger partial charge in [0.15, 0.2) is 0 Å². The summed E-state index contributed by atoms with van der Waals surface area (Å²) >= 11 is 0. The SMILES string of the molecule is CC(C#N)CN(C)Cc1cc(F)ccc1N. The van der Waals surface area contributed by atoms with Crippen LogP contribution in [0.15, 0.2) is 18.2 Å². The maximum absolute atomic E-state index is 13.0. The molecule has 0 fully saturated rings. The fourth-order valence-corrected chi connectivity index (χ4v) is 1.57. The number of anilines is 1. The van der Waals surface area contributed by atoms with Crippen molar-refractivity contribution in [3.8, 4) is 6.07 Å². The van der Waals surface area contributed by atoms with E-state index in [1.54, 1.807) is 6.07 Å². The highest BCUT2D eigenvalue weighted by atomic mass is 19.1. The van der Waals surface area contributed by atoms with Crippen molar-refractivity contribution >= 4 is 5.69 Å². The number of nitrogens with zero attached hydrogens (tertiary/aromatic N) is 2. The smallest absolute Gasteiger partial charge is 0.123 e. The van der Waals surface area contributed by atoms with Gasteiger partial charge in [-0.3, -0.25) is 0 Å². The van der Waals surface area contributed by atoms with Gasteiger partial charge in [-0.2, -0.15) is 5.26 Å². The van der Waals surface area contributed by atoms with Gasteiger partial charge in [0.2, 0.25) is 0 Å². The molecular formula is C12H16FN3. The van der Waals surface area contributed by atoms with E-state index in [0.29, 0.717) is 18.8 Å². The van der Waals surface area contributed by atoms with Crippen molar-refractivity contribution in [1.29, 1.82) is 5.26 Å². The van der Waals surface area contributed by atoms with Gasteiger partial charge in [-0.15, -0.1) is 0 Å². The molecule has 1 aromatic rings. The third-order valence-electron chi connectivity index (χ3n) is 2.35. The molecule has 86 valence electrons. The quantitative estimate of drug-likeness (QED) is 0.791. The Kier molecular flexibility index (Phi) is 4.27. The Bertz CT molecular complexity index is 398. The van der Waals surface area contributed by atoms with E-state index in [4.69, 9.17) is 11.0 Å². The van der Waals surface area contributed by atoms with E-state index in [0.717, 1.165) is 5.56 Å². The van der Waals surface area contributed by atoms with Gasteiger partial charge in [0.05, 0.1) is 12.0 Å². The molecule has 0 aliphatic heterocycles. The molecule has 0 aliphatic rings. The van der Waals surface area contributed by atoms with E-state index in [1.807, 2.05) is 18.9 Å². The van der Waals surface area contributed by atoms with Crippen LogP contribution in [0.2, 0.25) is 0 Å². The van der Waals surface area contributed by atoms with E-state index in [-0.39, 0.29) is 11.7 Å². The maximum atomic E-state index is 13.0. The molecule has 0 saturated carbocycles. The van der Waals surface area contributed by atoms with E-state index in [1.165, 1.54) is 12.1 Å². The third kappa shape index (κ3) is 3.52. The van der Waals surface area contributed by atoms with Crippen LogP contribution in [-0.2, 0) is 6.54 Å². The Hall–Kier alpha value is -1.60. The molecular weight excluding hydrogens is 205 g/mol. The molecule has 1 unspecified atom stereocenters. The number of halogens is 1.